The predicted molar refractivity (Wildman–Crippen MR) is 68.0 cm³/mol. The van der Waals surface area contributed by atoms with Crippen LogP contribution in [0.15, 0.2) is 36.5 Å². The van der Waals surface area contributed by atoms with E-state index in [1.165, 1.54) is 0 Å². The standard InChI is InChI=1S/C13H10ClNO2/c14-11-6-7-15-12-8-9(4-5-10(11)12)2-1-3-13(16)17/h1-2,4-8H,3H2,(H,16,17). The van der Waals surface area contributed by atoms with Crippen molar-refractivity contribution in [3.8, 4) is 0 Å². The van der Waals surface area contributed by atoms with Crippen LogP contribution in [0.1, 0.15) is 12.0 Å². The number of hydrogen-bond donors (Lipinski definition) is 1. The Balaban J connectivity index is 2.32. The molecule has 0 unspecified atom stereocenters. The maximum atomic E-state index is 10.4. The van der Waals surface area contributed by atoms with E-state index in [4.69, 9.17) is 16.7 Å². The SMILES string of the molecule is O=C(O)CC=Cc1ccc2c(Cl)ccnc2c1. The highest BCUT2D eigenvalue weighted by Gasteiger charge is 1.99. The third kappa shape index (κ3) is 2.82. The number of carboxylic acid groups (broad SMARTS) is 1. The number of nitrogens with zero attached hydrogens (tertiary/aromatic N) is 1. The molecule has 1 aromatic heterocycles. The lowest BCUT2D eigenvalue weighted by atomic mass is 10.1. The average molecular weight is 248 g/mol. The Bertz CT molecular complexity index is 593. The fourth-order valence-corrected chi connectivity index (χ4v) is 1.75. The first-order valence-corrected chi connectivity index (χ1v) is 5.47. The van der Waals surface area contributed by atoms with Crippen LogP contribution in [0.25, 0.3) is 17.0 Å². The van der Waals surface area contributed by atoms with Gasteiger partial charge in [0.1, 0.15) is 0 Å². The van der Waals surface area contributed by atoms with E-state index in [0.717, 1.165) is 16.5 Å². The van der Waals surface area contributed by atoms with Gasteiger partial charge in [-0.2, -0.15) is 0 Å². The van der Waals surface area contributed by atoms with Crippen molar-refractivity contribution in [3.05, 3.63) is 47.1 Å². The highest BCUT2D eigenvalue weighted by atomic mass is 35.5. The van der Waals surface area contributed by atoms with Crippen LogP contribution < -0.4 is 0 Å². The number of halogens is 1. The molecule has 3 nitrogen and oxygen atoms in total. The van der Waals surface area contributed by atoms with Crippen LogP contribution in [-0.4, -0.2) is 16.1 Å². The van der Waals surface area contributed by atoms with Gasteiger partial charge in [-0.15, -0.1) is 0 Å². The first-order chi connectivity index (χ1) is 8.16. The van der Waals surface area contributed by atoms with Gasteiger partial charge in [-0.1, -0.05) is 35.9 Å². The van der Waals surface area contributed by atoms with Crippen LogP contribution in [0.4, 0.5) is 0 Å². The van der Waals surface area contributed by atoms with Gasteiger partial charge < -0.3 is 5.11 Å². The lowest BCUT2D eigenvalue weighted by Gasteiger charge is -2.00. The van der Waals surface area contributed by atoms with E-state index < -0.39 is 5.97 Å². The summed E-state index contributed by atoms with van der Waals surface area (Å²) in [6.07, 6.45) is 5.03. The predicted octanol–water partition coefficient (Wildman–Crippen LogP) is 3.38. The van der Waals surface area contributed by atoms with Crippen LogP contribution in [0.5, 0.6) is 0 Å². The minimum atomic E-state index is -0.844. The summed E-state index contributed by atoms with van der Waals surface area (Å²) in [6, 6.07) is 7.38. The molecule has 2 aromatic rings. The van der Waals surface area contributed by atoms with Crippen LogP contribution in [0.2, 0.25) is 5.02 Å². The van der Waals surface area contributed by atoms with Gasteiger partial charge in [-0.25, -0.2) is 0 Å². The van der Waals surface area contributed by atoms with E-state index in [-0.39, 0.29) is 6.42 Å². The molecule has 1 heterocycles. The van der Waals surface area contributed by atoms with Gasteiger partial charge in [-0.05, 0) is 17.7 Å². The lowest BCUT2D eigenvalue weighted by molar-refractivity contribution is -0.135. The highest BCUT2D eigenvalue weighted by Crippen LogP contribution is 2.22. The van der Waals surface area contributed by atoms with E-state index in [2.05, 4.69) is 4.98 Å². The van der Waals surface area contributed by atoms with Crippen molar-refractivity contribution in [1.82, 2.24) is 4.98 Å². The smallest absolute Gasteiger partial charge is 0.307 e. The molecule has 0 atom stereocenters. The topological polar surface area (TPSA) is 50.2 Å². The third-order valence-corrected chi connectivity index (χ3v) is 2.65. The molecular formula is C13H10ClNO2. The Labute approximate surface area is 103 Å². The van der Waals surface area contributed by atoms with Crippen LogP contribution in [-0.2, 0) is 4.79 Å². The highest BCUT2D eigenvalue weighted by molar-refractivity contribution is 6.35. The monoisotopic (exact) mass is 247 g/mol. The van der Waals surface area contributed by atoms with Gasteiger partial charge >= 0.3 is 5.97 Å². The molecule has 1 aromatic carbocycles. The molecule has 0 saturated carbocycles. The molecule has 0 bridgehead atoms. The third-order valence-electron chi connectivity index (χ3n) is 2.32. The Kier molecular flexibility index (Phi) is 3.40. The van der Waals surface area contributed by atoms with Gasteiger partial charge in [0.25, 0.3) is 0 Å². The average Bonchev–Trinajstić information content (AvgIpc) is 2.29. The van der Waals surface area contributed by atoms with Crippen LogP contribution >= 0.6 is 11.6 Å². The molecule has 0 aliphatic rings. The molecule has 4 heteroatoms. The van der Waals surface area contributed by atoms with Gasteiger partial charge in [0.2, 0.25) is 0 Å². The quantitative estimate of drug-likeness (QED) is 0.905. The maximum absolute atomic E-state index is 10.4. The molecular weight excluding hydrogens is 238 g/mol. The summed E-state index contributed by atoms with van der Waals surface area (Å²) in [5, 5.41) is 10.1. The van der Waals surface area contributed by atoms with Crippen molar-refractivity contribution < 1.29 is 9.90 Å². The molecule has 0 spiro atoms. The van der Waals surface area contributed by atoms with E-state index >= 15 is 0 Å². The summed E-state index contributed by atoms with van der Waals surface area (Å²) in [5.41, 5.74) is 1.71. The summed E-state index contributed by atoms with van der Waals surface area (Å²) >= 11 is 6.02. The number of fused-ring (bicyclic) bond motifs is 1. The number of rotatable bonds is 3. The molecule has 17 heavy (non-hydrogen) atoms. The Morgan fingerprint density at radius 3 is 3.00 bits per heavy atom. The molecule has 0 amide bonds. The second-order valence-corrected chi connectivity index (χ2v) is 3.98. The van der Waals surface area contributed by atoms with E-state index in [9.17, 15) is 4.79 Å². The number of carbonyl (C=O) groups is 1. The first-order valence-electron chi connectivity index (χ1n) is 5.09. The molecule has 0 saturated heterocycles. The number of carboxylic acids is 1. The van der Waals surface area contributed by atoms with Crippen LogP contribution in [0.3, 0.4) is 0 Å². The Morgan fingerprint density at radius 1 is 1.41 bits per heavy atom. The van der Waals surface area contributed by atoms with E-state index in [1.54, 1.807) is 24.4 Å². The lowest BCUT2D eigenvalue weighted by Crippen LogP contribution is -1.89. The number of hydrogen-bond acceptors (Lipinski definition) is 2. The van der Waals surface area contributed by atoms with Crippen molar-refractivity contribution in [2.45, 2.75) is 6.42 Å². The number of aromatic nitrogens is 1. The molecule has 1 N–H and O–H groups in total. The molecule has 0 aliphatic heterocycles. The zero-order valence-electron chi connectivity index (χ0n) is 8.93. The fourth-order valence-electron chi connectivity index (χ4n) is 1.53. The largest absolute Gasteiger partial charge is 0.481 e. The van der Waals surface area contributed by atoms with Crippen molar-refractivity contribution in [2.75, 3.05) is 0 Å². The second kappa shape index (κ2) is 4.97. The molecule has 0 aliphatic carbocycles. The summed E-state index contributed by atoms with van der Waals surface area (Å²) in [7, 11) is 0. The Hall–Kier alpha value is -1.87. The van der Waals surface area contributed by atoms with Gasteiger partial charge in [0.05, 0.1) is 17.0 Å². The normalized spacial score (nSPS) is 11.1. The van der Waals surface area contributed by atoms with Crippen LogP contribution in [0, 0.1) is 0 Å². The molecule has 2 rings (SSSR count). The zero-order valence-corrected chi connectivity index (χ0v) is 9.69. The fraction of sp³-hybridized carbons (Fsp3) is 0.0769. The van der Waals surface area contributed by atoms with Crippen molar-refractivity contribution in [1.29, 1.82) is 0 Å². The first kappa shape index (κ1) is 11.6. The zero-order chi connectivity index (χ0) is 12.3. The maximum Gasteiger partial charge on any atom is 0.307 e. The van der Waals surface area contributed by atoms with Crippen molar-refractivity contribution >= 4 is 34.5 Å². The van der Waals surface area contributed by atoms with E-state index in [1.807, 2.05) is 18.2 Å². The minimum absolute atomic E-state index is 0.0149. The summed E-state index contributed by atoms with van der Waals surface area (Å²) in [5.74, 6) is -0.844. The van der Waals surface area contributed by atoms with Gasteiger partial charge in [0, 0.05) is 11.6 Å². The second-order valence-electron chi connectivity index (χ2n) is 3.57. The van der Waals surface area contributed by atoms with E-state index in [0.29, 0.717) is 5.02 Å². The number of benzene rings is 1. The summed E-state index contributed by atoms with van der Waals surface area (Å²) < 4.78 is 0. The van der Waals surface area contributed by atoms with Crippen molar-refractivity contribution in [3.63, 3.8) is 0 Å². The van der Waals surface area contributed by atoms with Gasteiger partial charge in [-0.3, -0.25) is 9.78 Å². The summed E-state index contributed by atoms with van der Waals surface area (Å²) in [4.78, 5) is 14.6. The Morgan fingerprint density at radius 2 is 2.24 bits per heavy atom. The van der Waals surface area contributed by atoms with Gasteiger partial charge in [0.15, 0.2) is 0 Å². The molecule has 86 valence electrons. The van der Waals surface area contributed by atoms with Crippen molar-refractivity contribution in [2.24, 2.45) is 0 Å². The number of aliphatic carboxylic acids is 1. The minimum Gasteiger partial charge on any atom is -0.481 e. The molecule has 0 radical (unpaired) electrons. The summed E-state index contributed by atoms with van der Waals surface area (Å²) in [6.45, 7) is 0. The number of pyridine rings is 1. The molecule has 0 fully saturated rings.